The van der Waals surface area contributed by atoms with E-state index in [1.165, 1.54) is 44.9 Å². The number of hydrogen-bond acceptors (Lipinski definition) is 1. The van der Waals surface area contributed by atoms with E-state index >= 15 is 0 Å². The number of aromatic carboxylic acids is 1. The van der Waals surface area contributed by atoms with E-state index < -0.39 is 5.97 Å². The third-order valence-electron chi connectivity index (χ3n) is 4.03. The van der Waals surface area contributed by atoms with E-state index in [0.717, 1.165) is 17.6 Å². The van der Waals surface area contributed by atoms with Crippen molar-refractivity contribution in [3.05, 3.63) is 66.3 Å². The molecule has 1 N–H and O–H groups in total. The molecule has 24 heavy (non-hydrogen) atoms. The monoisotopic (exact) mass is 326 g/mol. The minimum atomic E-state index is -0.898. The summed E-state index contributed by atoms with van der Waals surface area (Å²) in [5.74, 6) is -0.898. The Balaban J connectivity index is 2.44. The summed E-state index contributed by atoms with van der Waals surface area (Å²) in [6.07, 6.45) is 18.3. The SMILES string of the molecule is C=C/C=C(\C=C/CCCCCCCCC)c1ccc(C(=O)O)cc1. The van der Waals surface area contributed by atoms with E-state index in [1.54, 1.807) is 18.2 Å². The molecule has 0 bridgehead atoms. The highest BCUT2D eigenvalue weighted by Crippen LogP contribution is 2.18. The van der Waals surface area contributed by atoms with Crippen LogP contribution in [-0.4, -0.2) is 11.1 Å². The fourth-order valence-corrected chi connectivity index (χ4v) is 2.61. The van der Waals surface area contributed by atoms with Gasteiger partial charge < -0.3 is 5.11 Å². The van der Waals surface area contributed by atoms with Crippen molar-refractivity contribution in [1.82, 2.24) is 0 Å². The molecule has 2 heteroatoms. The Morgan fingerprint density at radius 1 is 1.00 bits per heavy atom. The standard InChI is InChI=1S/C22H30O2/c1-3-5-6-7-8-9-10-11-12-14-19(13-4-2)20-15-17-21(18-16-20)22(23)24/h4,12-18H,2-3,5-11H2,1H3,(H,23,24)/b14-12-,19-13+. The highest BCUT2D eigenvalue weighted by molar-refractivity contribution is 5.88. The predicted octanol–water partition coefficient (Wildman–Crippen LogP) is 6.65. The molecule has 0 aromatic heterocycles. The number of rotatable bonds is 12. The highest BCUT2D eigenvalue weighted by Gasteiger charge is 2.03. The number of carboxylic acid groups (broad SMARTS) is 1. The van der Waals surface area contributed by atoms with Crippen LogP contribution in [0.15, 0.2) is 55.1 Å². The Bertz CT molecular complexity index is 550. The lowest BCUT2D eigenvalue weighted by Gasteiger charge is -2.03. The zero-order valence-electron chi connectivity index (χ0n) is 14.8. The van der Waals surface area contributed by atoms with Crippen LogP contribution in [0.5, 0.6) is 0 Å². The zero-order chi connectivity index (χ0) is 17.6. The molecule has 0 atom stereocenters. The van der Waals surface area contributed by atoms with Gasteiger partial charge in [-0.05, 0) is 36.1 Å². The minimum absolute atomic E-state index is 0.309. The third kappa shape index (κ3) is 7.96. The van der Waals surface area contributed by atoms with Crippen molar-refractivity contribution in [2.45, 2.75) is 58.3 Å². The molecule has 0 radical (unpaired) electrons. The van der Waals surface area contributed by atoms with Gasteiger partial charge in [-0.25, -0.2) is 4.79 Å². The topological polar surface area (TPSA) is 37.3 Å². The molecule has 0 spiro atoms. The first-order chi connectivity index (χ1) is 11.7. The Morgan fingerprint density at radius 3 is 2.17 bits per heavy atom. The van der Waals surface area contributed by atoms with Gasteiger partial charge in [0.1, 0.15) is 0 Å². The number of carboxylic acids is 1. The summed E-state index contributed by atoms with van der Waals surface area (Å²) in [5.41, 5.74) is 2.38. The molecule has 0 aliphatic heterocycles. The first-order valence-electron chi connectivity index (χ1n) is 9.02. The minimum Gasteiger partial charge on any atom is -0.478 e. The fourth-order valence-electron chi connectivity index (χ4n) is 2.61. The van der Waals surface area contributed by atoms with Crippen LogP contribution < -0.4 is 0 Å². The molecule has 0 amide bonds. The van der Waals surface area contributed by atoms with Gasteiger partial charge in [0.25, 0.3) is 0 Å². The van der Waals surface area contributed by atoms with Gasteiger partial charge in [-0.2, -0.15) is 0 Å². The largest absolute Gasteiger partial charge is 0.478 e. The van der Waals surface area contributed by atoms with Gasteiger partial charge in [-0.1, -0.05) is 88.5 Å². The van der Waals surface area contributed by atoms with E-state index in [2.05, 4.69) is 25.7 Å². The van der Waals surface area contributed by atoms with Crippen LogP contribution >= 0.6 is 0 Å². The molecule has 0 saturated carbocycles. The number of hydrogen-bond donors (Lipinski definition) is 1. The normalized spacial score (nSPS) is 11.8. The molecule has 0 fully saturated rings. The van der Waals surface area contributed by atoms with E-state index in [4.69, 9.17) is 5.11 Å². The second kappa shape index (κ2) is 12.3. The Hall–Kier alpha value is -2.09. The van der Waals surface area contributed by atoms with Crippen LogP contribution in [0.4, 0.5) is 0 Å². The highest BCUT2D eigenvalue weighted by atomic mass is 16.4. The molecule has 0 aliphatic carbocycles. The molecule has 1 rings (SSSR count). The molecular formula is C22H30O2. The molecule has 0 aliphatic rings. The molecule has 1 aromatic carbocycles. The molecule has 0 heterocycles. The number of carbonyl (C=O) groups is 1. The average molecular weight is 326 g/mol. The van der Waals surface area contributed by atoms with Crippen molar-refractivity contribution in [3.63, 3.8) is 0 Å². The quantitative estimate of drug-likeness (QED) is 0.345. The lowest BCUT2D eigenvalue weighted by atomic mass is 10.0. The van der Waals surface area contributed by atoms with Crippen molar-refractivity contribution in [1.29, 1.82) is 0 Å². The molecule has 1 aromatic rings. The molecule has 0 unspecified atom stereocenters. The molecule has 0 saturated heterocycles. The number of unbranched alkanes of at least 4 members (excludes halogenated alkanes) is 7. The van der Waals surface area contributed by atoms with Crippen LogP contribution in [0.2, 0.25) is 0 Å². The maximum Gasteiger partial charge on any atom is 0.335 e. The zero-order valence-corrected chi connectivity index (χ0v) is 14.8. The predicted molar refractivity (Wildman–Crippen MR) is 103 cm³/mol. The summed E-state index contributed by atoms with van der Waals surface area (Å²) in [4.78, 5) is 10.9. The van der Waals surface area contributed by atoms with Crippen LogP contribution in [0.3, 0.4) is 0 Å². The Kier molecular flexibility index (Phi) is 10.3. The van der Waals surface area contributed by atoms with Crippen LogP contribution in [0, 0.1) is 0 Å². The Morgan fingerprint density at radius 2 is 1.58 bits per heavy atom. The van der Waals surface area contributed by atoms with Gasteiger partial charge >= 0.3 is 5.97 Å². The third-order valence-corrected chi connectivity index (χ3v) is 4.03. The van der Waals surface area contributed by atoms with E-state index in [0.29, 0.717) is 5.56 Å². The summed E-state index contributed by atoms with van der Waals surface area (Å²) in [6, 6.07) is 6.96. The van der Waals surface area contributed by atoms with Gasteiger partial charge in [0.15, 0.2) is 0 Å². The lowest BCUT2D eigenvalue weighted by molar-refractivity contribution is 0.0697. The maximum absolute atomic E-state index is 10.9. The van der Waals surface area contributed by atoms with Crippen molar-refractivity contribution < 1.29 is 9.90 Å². The van der Waals surface area contributed by atoms with Gasteiger partial charge in [0, 0.05) is 0 Å². The van der Waals surface area contributed by atoms with Gasteiger partial charge in [-0.15, -0.1) is 0 Å². The van der Waals surface area contributed by atoms with Crippen molar-refractivity contribution in [3.8, 4) is 0 Å². The first-order valence-corrected chi connectivity index (χ1v) is 9.02. The van der Waals surface area contributed by atoms with Crippen LogP contribution in [0.25, 0.3) is 5.57 Å². The average Bonchev–Trinajstić information content (AvgIpc) is 2.59. The second-order valence-electron chi connectivity index (χ2n) is 6.05. The first kappa shape index (κ1) is 20.0. The van der Waals surface area contributed by atoms with Crippen molar-refractivity contribution >= 4 is 11.5 Å². The second-order valence-corrected chi connectivity index (χ2v) is 6.05. The summed E-state index contributed by atoms with van der Waals surface area (Å²) >= 11 is 0. The van der Waals surface area contributed by atoms with Crippen LogP contribution in [0.1, 0.15) is 74.2 Å². The Labute approximate surface area is 146 Å². The summed E-state index contributed by atoms with van der Waals surface area (Å²) < 4.78 is 0. The lowest BCUT2D eigenvalue weighted by Crippen LogP contribution is -1.95. The summed E-state index contributed by atoms with van der Waals surface area (Å²) in [5, 5.41) is 8.96. The molecule has 2 nitrogen and oxygen atoms in total. The van der Waals surface area contributed by atoms with Crippen molar-refractivity contribution in [2.24, 2.45) is 0 Å². The van der Waals surface area contributed by atoms with Crippen LogP contribution in [-0.2, 0) is 0 Å². The fraction of sp³-hybridized carbons (Fsp3) is 0.409. The van der Waals surface area contributed by atoms with E-state index in [9.17, 15) is 4.79 Å². The van der Waals surface area contributed by atoms with Gasteiger partial charge in [-0.3, -0.25) is 0 Å². The smallest absolute Gasteiger partial charge is 0.335 e. The number of allylic oxidation sites excluding steroid dienone is 5. The van der Waals surface area contributed by atoms with E-state index in [-0.39, 0.29) is 0 Å². The van der Waals surface area contributed by atoms with Crippen molar-refractivity contribution in [2.75, 3.05) is 0 Å². The summed E-state index contributed by atoms with van der Waals surface area (Å²) in [7, 11) is 0. The molecule has 130 valence electrons. The number of benzene rings is 1. The van der Waals surface area contributed by atoms with E-state index in [1.807, 2.05) is 18.2 Å². The maximum atomic E-state index is 10.9. The summed E-state index contributed by atoms with van der Waals surface area (Å²) in [6.45, 7) is 6.00. The van der Waals surface area contributed by atoms with Gasteiger partial charge in [0.05, 0.1) is 5.56 Å². The molecular weight excluding hydrogens is 296 g/mol. The van der Waals surface area contributed by atoms with Gasteiger partial charge in [0.2, 0.25) is 0 Å².